The number of rotatable bonds is 6. The van der Waals surface area contributed by atoms with Gasteiger partial charge in [-0.05, 0) is 179 Å². The van der Waals surface area contributed by atoms with E-state index in [4.69, 9.17) is 41.9 Å². The Labute approximate surface area is 610 Å². The van der Waals surface area contributed by atoms with Crippen molar-refractivity contribution >= 4 is 102 Å². The minimum absolute atomic E-state index is 0. The molecule has 5 heterocycles. The molecule has 2 aliphatic heterocycles. The Morgan fingerprint density at radius 2 is 0.584 bits per heavy atom. The fourth-order valence-electron chi connectivity index (χ4n) is 10.3. The Morgan fingerprint density at radius 3 is 0.820 bits per heavy atom. The Morgan fingerprint density at radius 1 is 0.371 bits per heavy atom. The minimum Gasteiger partial charge on any atom is -1.00 e. The van der Waals surface area contributed by atoms with Crippen molar-refractivity contribution in [3.63, 3.8) is 0 Å². The molecule has 0 N–H and O–H groups in total. The third-order valence-electron chi connectivity index (χ3n) is 16.4. The third kappa shape index (κ3) is 14.6. The van der Waals surface area contributed by atoms with Crippen LogP contribution >= 0.6 is 15.9 Å². The van der Waals surface area contributed by atoms with Crippen LogP contribution in [0.15, 0.2) is 232 Å². The third-order valence-corrected chi connectivity index (χ3v) is 16.9. The molecule has 89 heavy (non-hydrogen) atoms. The molecular formula is C71H62B2BrK2O13-. The van der Waals surface area contributed by atoms with Crippen LogP contribution in [-0.2, 0) is 28.3 Å². The van der Waals surface area contributed by atoms with Crippen molar-refractivity contribution in [1.29, 1.82) is 0 Å². The zero-order valence-corrected chi connectivity index (χ0v) is 59.3. The van der Waals surface area contributed by atoms with Crippen LogP contribution in [0.2, 0.25) is 0 Å². The van der Waals surface area contributed by atoms with Crippen molar-refractivity contribution in [2.75, 3.05) is 0 Å². The van der Waals surface area contributed by atoms with Gasteiger partial charge in [0.15, 0.2) is 0 Å². The average Bonchev–Trinajstić information content (AvgIpc) is 1.31. The number of carbonyl (C=O) groups excluding carboxylic acids is 1. The number of halogens is 1. The van der Waals surface area contributed by atoms with Gasteiger partial charge >= 0.3 is 117 Å². The summed E-state index contributed by atoms with van der Waals surface area (Å²) in [5.74, 6) is 0. The molecule has 2 fully saturated rings. The standard InChI is InChI=1S/C38H22O4.C19H11BrO2.C12H24B2O4.CH2O3.CH3.2K.H/c39-37-29-19-25(23-7-3-1-4-8-23)11-15-33(29)41-35-17-13-27(21-31(35)37)28-14-18-36-32(22-28)38(40)30-20-26(12-16-34(30)42-36)24-9-5-2-6-10-24;20-14-7-9-18-16(11-14)19(21)15-10-13(6-8-17(15)22-18)12-4-2-1-3-5-12;1-9(2)10(3,4)16-13(15-9)14-17-11(5,6)12(7,8)18-14;2-1-4-3;;;;/h1-22H;1-11H;1-8H3;1,3H;1H3;;;/q;;;;-1;2*+1;-1/p-1. The molecule has 9 aromatic carbocycles. The second-order valence-corrected chi connectivity index (χ2v) is 23.9. The van der Waals surface area contributed by atoms with Crippen LogP contribution in [0.1, 0.15) is 56.8 Å². The van der Waals surface area contributed by atoms with E-state index >= 15 is 0 Å². The van der Waals surface area contributed by atoms with Crippen LogP contribution in [0.5, 0.6) is 0 Å². The molecule has 0 atom stereocenters. The maximum absolute atomic E-state index is 13.7. The molecule has 2 aliphatic rings. The van der Waals surface area contributed by atoms with Crippen molar-refractivity contribution in [2.45, 2.75) is 77.8 Å². The summed E-state index contributed by atoms with van der Waals surface area (Å²) in [6, 6.07) is 63.7. The number of benzene rings is 9. The summed E-state index contributed by atoms with van der Waals surface area (Å²) in [5.41, 5.74) is 9.40. The average molecular weight is 1300 g/mol. The van der Waals surface area contributed by atoms with E-state index in [1.165, 1.54) is 0 Å². The molecule has 0 bridgehead atoms. The Balaban J connectivity index is 0.000000202. The van der Waals surface area contributed by atoms with Gasteiger partial charge in [-0.3, -0.25) is 19.2 Å². The number of hydrogen-bond donors (Lipinski definition) is 0. The van der Waals surface area contributed by atoms with E-state index in [1.807, 2.05) is 250 Å². The van der Waals surface area contributed by atoms with Crippen LogP contribution in [0.4, 0.5) is 0 Å². The molecule has 0 unspecified atom stereocenters. The maximum atomic E-state index is 13.7. The predicted octanol–water partition coefficient (Wildman–Crippen LogP) is 9.84. The molecule has 2 saturated heterocycles. The molecule has 12 aromatic rings. The van der Waals surface area contributed by atoms with Gasteiger partial charge in [-0.2, -0.15) is 0 Å². The summed E-state index contributed by atoms with van der Waals surface area (Å²) < 4.78 is 42.8. The number of carbonyl (C=O) groups is 1. The molecule has 440 valence electrons. The quantitative estimate of drug-likeness (QED) is 0.0384. The molecule has 0 spiro atoms. The van der Waals surface area contributed by atoms with Gasteiger partial charge in [-0.25, -0.2) is 0 Å². The van der Waals surface area contributed by atoms with Crippen LogP contribution < -0.4 is 124 Å². The van der Waals surface area contributed by atoms with Crippen molar-refractivity contribution in [1.82, 2.24) is 0 Å². The van der Waals surface area contributed by atoms with E-state index in [9.17, 15) is 14.4 Å². The Kier molecular flexibility index (Phi) is 22.3. The smallest absolute Gasteiger partial charge is 1.00 e. The summed E-state index contributed by atoms with van der Waals surface area (Å²) in [4.78, 5) is 51.4. The van der Waals surface area contributed by atoms with Gasteiger partial charge in [-0.15, -0.1) is 0 Å². The first-order chi connectivity index (χ1) is 41.1. The minimum atomic E-state index is -0.476. The summed E-state index contributed by atoms with van der Waals surface area (Å²) >= 11 is 3.40. The second-order valence-electron chi connectivity index (χ2n) is 23.0. The first kappa shape index (κ1) is 69.4. The normalized spacial score (nSPS) is 14.9. The molecule has 14 rings (SSSR count). The topological polar surface area (TPSA) is 177 Å². The van der Waals surface area contributed by atoms with Gasteiger partial charge in [-0.1, -0.05) is 137 Å². The van der Waals surface area contributed by atoms with E-state index in [0.29, 0.717) is 65.8 Å². The fourth-order valence-corrected chi connectivity index (χ4v) is 10.7. The SMILES string of the molecule is CC1(C)OB(B2OC(C)(C)C(C)(C)O2)OC1(C)C.O=CO[O-].O=c1c2cc(-c3ccccc3)ccc2oc2ccc(-c3ccc4oc5ccc(-c6ccccc6)cc5c(=O)c4c3)cc12.O=c1c2cc(Br)ccc2oc2ccc(-c3ccccc3)cc12.[CH3-].[H-].[K+].[K+]. The first-order valence-electron chi connectivity index (χ1n) is 27.9. The first-order valence-corrected chi connectivity index (χ1v) is 28.7. The van der Waals surface area contributed by atoms with Crippen molar-refractivity contribution in [3.05, 3.63) is 243 Å². The van der Waals surface area contributed by atoms with Gasteiger partial charge in [0, 0.05) is 4.47 Å². The van der Waals surface area contributed by atoms with E-state index in [1.54, 1.807) is 6.07 Å². The molecule has 3 aromatic heterocycles. The summed E-state index contributed by atoms with van der Waals surface area (Å²) in [5, 5.41) is 11.7. The molecule has 0 aliphatic carbocycles. The van der Waals surface area contributed by atoms with Crippen LogP contribution in [0, 0.1) is 7.43 Å². The van der Waals surface area contributed by atoms with Gasteiger partial charge in [0.1, 0.15) is 33.5 Å². The van der Waals surface area contributed by atoms with Crippen molar-refractivity contribution < 1.29 is 151 Å². The van der Waals surface area contributed by atoms with Gasteiger partial charge in [0.25, 0.3) is 6.47 Å². The molecule has 0 amide bonds. The Bertz CT molecular complexity index is 4500. The largest absolute Gasteiger partial charge is 1.00 e. The molecular weight excluding hydrogens is 1240 g/mol. The number of fused-ring (bicyclic) bond motifs is 6. The molecule has 18 heteroatoms. The van der Waals surface area contributed by atoms with E-state index in [0.717, 1.165) is 49.0 Å². The maximum Gasteiger partial charge on any atom is 1.00 e. The molecule has 13 nitrogen and oxygen atoms in total. The van der Waals surface area contributed by atoms with E-state index in [2.05, 4.69) is 20.8 Å². The van der Waals surface area contributed by atoms with Gasteiger partial charge < -0.3 is 50.9 Å². The van der Waals surface area contributed by atoms with Crippen molar-refractivity contribution in [2.24, 2.45) is 0 Å². The molecule has 0 saturated carbocycles. The molecule has 0 radical (unpaired) electrons. The van der Waals surface area contributed by atoms with E-state index in [-0.39, 0.29) is 157 Å². The van der Waals surface area contributed by atoms with Crippen LogP contribution in [0.25, 0.3) is 110 Å². The van der Waals surface area contributed by atoms with Crippen molar-refractivity contribution in [3.8, 4) is 44.5 Å². The monoisotopic (exact) mass is 1300 g/mol. The second kappa shape index (κ2) is 28.6. The summed E-state index contributed by atoms with van der Waals surface area (Å²) in [6.45, 7) is 16.0. The summed E-state index contributed by atoms with van der Waals surface area (Å²) in [7, 11) is -0.952. The zero-order valence-electron chi connectivity index (χ0n) is 52.5. The zero-order chi connectivity index (χ0) is 60.7. The predicted molar refractivity (Wildman–Crippen MR) is 350 cm³/mol. The fraction of sp³-hybridized carbons (Fsp3) is 0.169. The van der Waals surface area contributed by atoms with Gasteiger partial charge in [0.05, 0.1) is 54.7 Å². The number of hydrogen-bond acceptors (Lipinski definition) is 13. The van der Waals surface area contributed by atoms with Gasteiger partial charge in [0.2, 0.25) is 16.3 Å². The van der Waals surface area contributed by atoms with E-state index < -0.39 is 14.0 Å². The summed E-state index contributed by atoms with van der Waals surface area (Å²) in [6.07, 6.45) is 0. The van der Waals surface area contributed by atoms with Crippen LogP contribution in [0.3, 0.4) is 0 Å². The van der Waals surface area contributed by atoms with Crippen LogP contribution in [-0.4, -0.2) is 42.9 Å². The Hall–Kier alpha value is -5.46.